The summed E-state index contributed by atoms with van der Waals surface area (Å²) in [4.78, 5) is 23.0. The SMILES string of the molecule is CC(NCC(=O)OC(C)(C)C)C(=O)NC1CC1. The van der Waals surface area contributed by atoms with Crippen molar-refractivity contribution in [1.29, 1.82) is 0 Å². The average molecular weight is 242 g/mol. The molecule has 0 aromatic rings. The number of rotatable bonds is 5. The van der Waals surface area contributed by atoms with E-state index in [4.69, 9.17) is 4.74 Å². The fourth-order valence-electron chi connectivity index (χ4n) is 1.26. The van der Waals surface area contributed by atoms with Crippen molar-refractivity contribution in [1.82, 2.24) is 10.6 Å². The second kappa shape index (κ2) is 5.49. The first kappa shape index (κ1) is 14.0. The Bertz CT molecular complexity index is 293. The molecule has 0 spiro atoms. The standard InChI is InChI=1S/C12H22N2O3/c1-8(11(16)14-9-5-6-9)13-7-10(15)17-12(2,3)4/h8-9,13H,5-7H2,1-4H3,(H,14,16). The second-order valence-electron chi connectivity index (χ2n) is 5.47. The minimum atomic E-state index is -0.488. The van der Waals surface area contributed by atoms with Crippen LogP contribution in [-0.4, -0.2) is 36.1 Å². The number of amides is 1. The summed E-state index contributed by atoms with van der Waals surface area (Å²) in [5.41, 5.74) is -0.488. The van der Waals surface area contributed by atoms with Crippen molar-refractivity contribution in [3.63, 3.8) is 0 Å². The highest BCUT2D eigenvalue weighted by atomic mass is 16.6. The van der Waals surface area contributed by atoms with Crippen LogP contribution in [0.3, 0.4) is 0 Å². The van der Waals surface area contributed by atoms with Gasteiger partial charge in [0.2, 0.25) is 5.91 Å². The zero-order valence-electron chi connectivity index (χ0n) is 11.0. The molecule has 98 valence electrons. The number of carbonyl (C=O) groups is 2. The lowest BCUT2D eigenvalue weighted by Gasteiger charge is -2.20. The molecule has 1 fully saturated rings. The summed E-state index contributed by atoms with van der Waals surface area (Å²) in [5.74, 6) is -0.403. The monoisotopic (exact) mass is 242 g/mol. The molecule has 1 unspecified atom stereocenters. The molecular formula is C12H22N2O3. The predicted octanol–water partition coefficient (Wildman–Crippen LogP) is 0.585. The maximum atomic E-state index is 11.6. The van der Waals surface area contributed by atoms with Gasteiger partial charge in [-0.15, -0.1) is 0 Å². The van der Waals surface area contributed by atoms with Crippen molar-refractivity contribution in [3.05, 3.63) is 0 Å². The van der Waals surface area contributed by atoms with Gasteiger partial charge >= 0.3 is 5.97 Å². The van der Waals surface area contributed by atoms with Crippen molar-refractivity contribution in [2.75, 3.05) is 6.54 Å². The molecule has 1 atom stereocenters. The number of hydrogen-bond donors (Lipinski definition) is 2. The molecular weight excluding hydrogens is 220 g/mol. The summed E-state index contributed by atoms with van der Waals surface area (Å²) < 4.78 is 5.13. The molecule has 0 aromatic heterocycles. The number of carbonyl (C=O) groups excluding carboxylic acids is 2. The van der Waals surface area contributed by atoms with Gasteiger partial charge < -0.3 is 10.1 Å². The molecule has 1 saturated carbocycles. The van der Waals surface area contributed by atoms with Crippen LogP contribution in [0.4, 0.5) is 0 Å². The molecule has 5 nitrogen and oxygen atoms in total. The molecule has 0 heterocycles. The Morgan fingerprint density at radius 2 is 1.94 bits per heavy atom. The van der Waals surface area contributed by atoms with Gasteiger partial charge in [-0.3, -0.25) is 14.9 Å². The van der Waals surface area contributed by atoms with Crippen LogP contribution in [0.5, 0.6) is 0 Å². The van der Waals surface area contributed by atoms with Gasteiger partial charge in [0, 0.05) is 6.04 Å². The van der Waals surface area contributed by atoms with Crippen molar-refractivity contribution in [3.8, 4) is 0 Å². The second-order valence-corrected chi connectivity index (χ2v) is 5.47. The first-order chi connectivity index (χ1) is 7.78. The first-order valence-corrected chi connectivity index (χ1v) is 6.03. The van der Waals surface area contributed by atoms with Gasteiger partial charge in [-0.05, 0) is 40.5 Å². The third-order valence-corrected chi connectivity index (χ3v) is 2.29. The van der Waals surface area contributed by atoms with Crippen molar-refractivity contribution >= 4 is 11.9 Å². The number of esters is 1. The van der Waals surface area contributed by atoms with Gasteiger partial charge in [-0.1, -0.05) is 0 Å². The van der Waals surface area contributed by atoms with E-state index in [0.717, 1.165) is 12.8 Å². The average Bonchev–Trinajstić information content (AvgIpc) is 2.95. The van der Waals surface area contributed by atoms with Gasteiger partial charge in [0.05, 0.1) is 12.6 Å². The van der Waals surface area contributed by atoms with E-state index < -0.39 is 5.60 Å². The maximum absolute atomic E-state index is 11.6. The Hall–Kier alpha value is -1.10. The minimum Gasteiger partial charge on any atom is -0.459 e. The third-order valence-electron chi connectivity index (χ3n) is 2.29. The Balaban J connectivity index is 2.19. The van der Waals surface area contributed by atoms with Crippen LogP contribution in [-0.2, 0) is 14.3 Å². The molecule has 0 aliphatic heterocycles. The molecule has 17 heavy (non-hydrogen) atoms. The van der Waals surface area contributed by atoms with E-state index >= 15 is 0 Å². The molecule has 5 heteroatoms. The largest absolute Gasteiger partial charge is 0.459 e. The zero-order chi connectivity index (χ0) is 13.1. The van der Waals surface area contributed by atoms with Crippen LogP contribution in [0.15, 0.2) is 0 Å². The van der Waals surface area contributed by atoms with Crippen LogP contribution in [0.25, 0.3) is 0 Å². The van der Waals surface area contributed by atoms with E-state index in [-0.39, 0.29) is 24.5 Å². The molecule has 1 aliphatic carbocycles. The minimum absolute atomic E-state index is 0.0521. The Kier molecular flexibility index (Phi) is 4.51. The van der Waals surface area contributed by atoms with E-state index in [2.05, 4.69) is 10.6 Å². The Morgan fingerprint density at radius 3 is 2.41 bits per heavy atom. The van der Waals surface area contributed by atoms with Crippen LogP contribution in [0.1, 0.15) is 40.5 Å². The first-order valence-electron chi connectivity index (χ1n) is 6.03. The predicted molar refractivity (Wildman–Crippen MR) is 64.5 cm³/mol. The van der Waals surface area contributed by atoms with E-state index in [1.54, 1.807) is 6.92 Å². The quantitative estimate of drug-likeness (QED) is 0.692. The highest BCUT2D eigenvalue weighted by Crippen LogP contribution is 2.18. The molecule has 0 saturated heterocycles. The zero-order valence-corrected chi connectivity index (χ0v) is 11.0. The maximum Gasteiger partial charge on any atom is 0.320 e. The van der Waals surface area contributed by atoms with Gasteiger partial charge in [0.25, 0.3) is 0 Å². The lowest BCUT2D eigenvalue weighted by Crippen LogP contribution is -2.45. The molecule has 1 amide bonds. The summed E-state index contributed by atoms with van der Waals surface area (Å²) in [5, 5.41) is 5.72. The number of nitrogens with one attached hydrogen (secondary N) is 2. The lowest BCUT2D eigenvalue weighted by molar-refractivity contribution is -0.153. The molecule has 2 N–H and O–H groups in total. The van der Waals surface area contributed by atoms with E-state index in [1.807, 2.05) is 20.8 Å². The molecule has 1 aliphatic rings. The summed E-state index contributed by atoms with van der Waals surface area (Å²) in [6.45, 7) is 7.23. The molecule has 0 aromatic carbocycles. The summed E-state index contributed by atoms with van der Waals surface area (Å²) in [6.07, 6.45) is 2.12. The lowest BCUT2D eigenvalue weighted by atomic mass is 10.2. The highest BCUT2D eigenvalue weighted by molar-refractivity contribution is 5.82. The van der Waals surface area contributed by atoms with Gasteiger partial charge in [-0.2, -0.15) is 0 Å². The van der Waals surface area contributed by atoms with Crippen LogP contribution in [0, 0.1) is 0 Å². The van der Waals surface area contributed by atoms with Crippen LogP contribution < -0.4 is 10.6 Å². The van der Waals surface area contributed by atoms with E-state index in [0.29, 0.717) is 6.04 Å². The summed E-state index contributed by atoms with van der Waals surface area (Å²) >= 11 is 0. The normalized spacial score (nSPS) is 17.4. The van der Waals surface area contributed by atoms with Crippen LogP contribution >= 0.6 is 0 Å². The van der Waals surface area contributed by atoms with E-state index in [1.165, 1.54) is 0 Å². The number of ether oxygens (including phenoxy) is 1. The topological polar surface area (TPSA) is 67.4 Å². The molecule has 0 radical (unpaired) electrons. The smallest absolute Gasteiger partial charge is 0.320 e. The highest BCUT2D eigenvalue weighted by Gasteiger charge is 2.26. The third kappa shape index (κ3) is 6.26. The van der Waals surface area contributed by atoms with Crippen LogP contribution in [0.2, 0.25) is 0 Å². The summed E-state index contributed by atoms with van der Waals surface area (Å²) in [6, 6.07) is -0.0311. The van der Waals surface area contributed by atoms with E-state index in [9.17, 15) is 9.59 Å². The molecule has 0 bridgehead atoms. The van der Waals surface area contributed by atoms with Gasteiger partial charge in [0.1, 0.15) is 5.60 Å². The van der Waals surface area contributed by atoms with Crippen molar-refractivity contribution in [2.24, 2.45) is 0 Å². The van der Waals surface area contributed by atoms with Crippen molar-refractivity contribution in [2.45, 2.75) is 58.2 Å². The van der Waals surface area contributed by atoms with Gasteiger partial charge in [0.15, 0.2) is 0 Å². The van der Waals surface area contributed by atoms with Gasteiger partial charge in [-0.25, -0.2) is 0 Å². The fraction of sp³-hybridized carbons (Fsp3) is 0.833. The Morgan fingerprint density at radius 1 is 1.35 bits per heavy atom. The van der Waals surface area contributed by atoms with Crippen molar-refractivity contribution < 1.29 is 14.3 Å². The Labute approximate surface area is 102 Å². The fourth-order valence-corrected chi connectivity index (χ4v) is 1.26. The summed E-state index contributed by atoms with van der Waals surface area (Å²) in [7, 11) is 0. The molecule has 1 rings (SSSR count). The number of hydrogen-bond acceptors (Lipinski definition) is 4.